The largest absolute Gasteiger partial charge is 0.364 e. The number of carbonyl (C=O) groups is 2. The van der Waals surface area contributed by atoms with Gasteiger partial charge < -0.3 is 14.8 Å². The van der Waals surface area contributed by atoms with Crippen LogP contribution in [0.2, 0.25) is 0 Å². The third-order valence-electron chi connectivity index (χ3n) is 5.43. The van der Waals surface area contributed by atoms with E-state index in [9.17, 15) is 22.8 Å². The van der Waals surface area contributed by atoms with E-state index in [1.807, 2.05) is 6.92 Å². The summed E-state index contributed by atoms with van der Waals surface area (Å²) in [6.45, 7) is 4.19. The molecule has 2 amide bonds. The van der Waals surface area contributed by atoms with E-state index in [-0.39, 0.29) is 5.69 Å². The molecule has 1 aliphatic rings. The highest BCUT2D eigenvalue weighted by molar-refractivity contribution is 6.03. The van der Waals surface area contributed by atoms with Crippen LogP contribution in [-0.2, 0) is 17.8 Å². The van der Waals surface area contributed by atoms with Gasteiger partial charge in [-0.1, -0.05) is 6.92 Å². The predicted molar refractivity (Wildman–Crippen MR) is 103 cm³/mol. The minimum Gasteiger partial charge on any atom is -0.338 e. The lowest BCUT2D eigenvalue weighted by Gasteiger charge is -2.32. The number of benzene rings is 1. The number of halogens is 3. The summed E-state index contributed by atoms with van der Waals surface area (Å²) < 4.78 is 44.2. The van der Waals surface area contributed by atoms with Crippen molar-refractivity contribution in [3.63, 3.8) is 0 Å². The fourth-order valence-electron chi connectivity index (χ4n) is 3.49. The van der Waals surface area contributed by atoms with E-state index in [1.54, 1.807) is 6.92 Å². The molecule has 1 N–H and O–H groups in total. The van der Waals surface area contributed by atoms with Crippen LogP contribution in [0.1, 0.15) is 41.5 Å². The number of carbonyl (C=O) groups excluding carboxylic acids is 2. The molecular formula is C21H24F3N3O2. The van der Waals surface area contributed by atoms with E-state index in [0.717, 1.165) is 10.6 Å². The van der Waals surface area contributed by atoms with Crippen LogP contribution in [0.4, 0.5) is 18.9 Å². The highest BCUT2D eigenvalue weighted by Gasteiger charge is 2.46. The smallest absolute Gasteiger partial charge is 0.338 e. The third-order valence-corrected chi connectivity index (χ3v) is 5.43. The van der Waals surface area contributed by atoms with E-state index >= 15 is 0 Å². The number of nitrogens with zero attached hydrogens (tertiary/aromatic N) is 2. The van der Waals surface area contributed by atoms with Gasteiger partial charge in [0.25, 0.3) is 11.8 Å². The SMILES string of the molecule is Cc1cc(NC(=O)c2ccc(C(F)(F)C(=O)N3CCC(C)CC3)n2C)ccc1F. The van der Waals surface area contributed by atoms with Crippen LogP contribution < -0.4 is 5.32 Å². The first-order valence-electron chi connectivity index (χ1n) is 9.52. The van der Waals surface area contributed by atoms with Gasteiger partial charge in [-0.05, 0) is 61.6 Å². The van der Waals surface area contributed by atoms with Gasteiger partial charge in [-0.25, -0.2) is 4.39 Å². The zero-order valence-corrected chi connectivity index (χ0v) is 16.6. The zero-order chi connectivity index (χ0) is 21.3. The molecule has 29 heavy (non-hydrogen) atoms. The molecule has 1 fully saturated rings. The summed E-state index contributed by atoms with van der Waals surface area (Å²) in [4.78, 5) is 26.1. The number of hydrogen-bond donors (Lipinski definition) is 1. The second-order valence-corrected chi connectivity index (χ2v) is 7.63. The van der Waals surface area contributed by atoms with Crippen molar-refractivity contribution in [1.82, 2.24) is 9.47 Å². The fourth-order valence-corrected chi connectivity index (χ4v) is 3.49. The predicted octanol–water partition coefficient (Wildman–Crippen LogP) is 4.08. The van der Waals surface area contributed by atoms with Crippen molar-refractivity contribution in [3.05, 3.63) is 53.1 Å². The summed E-state index contributed by atoms with van der Waals surface area (Å²) in [6, 6.07) is 6.40. The van der Waals surface area contributed by atoms with Crippen LogP contribution in [0.5, 0.6) is 0 Å². The summed E-state index contributed by atoms with van der Waals surface area (Å²) in [7, 11) is 1.32. The number of aryl methyl sites for hydroxylation is 1. The van der Waals surface area contributed by atoms with Crippen LogP contribution in [0.25, 0.3) is 0 Å². The number of alkyl halides is 2. The third kappa shape index (κ3) is 4.16. The lowest BCUT2D eigenvalue weighted by atomic mass is 9.98. The summed E-state index contributed by atoms with van der Waals surface area (Å²) in [5, 5.41) is 2.56. The molecule has 1 saturated heterocycles. The molecule has 1 aliphatic heterocycles. The monoisotopic (exact) mass is 407 g/mol. The Balaban J connectivity index is 1.79. The van der Waals surface area contributed by atoms with Gasteiger partial charge in [-0.3, -0.25) is 9.59 Å². The average Bonchev–Trinajstić information content (AvgIpc) is 3.07. The minimum absolute atomic E-state index is 0.0262. The molecule has 1 aromatic carbocycles. The van der Waals surface area contributed by atoms with Crippen molar-refractivity contribution in [3.8, 4) is 0 Å². The number of nitrogens with one attached hydrogen (secondary N) is 1. The van der Waals surface area contributed by atoms with Crippen molar-refractivity contribution in [1.29, 1.82) is 0 Å². The molecule has 1 aromatic heterocycles. The zero-order valence-electron chi connectivity index (χ0n) is 16.6. The van der Waals surface area contributed by atoms with Gasteiger partial charge in [0.2, 0.25) is 0 Å². The number of anilines is 1. The Kier molecular flexibility index (Phi) is 5.73. The maximum Gasteiger partial charge on any atom is 0.364 e. The Morgan fingerprint density at radius 3 is 2.41 bits per heavy atom. The second kappa shape index (κ2) is 7.93. The second-order valence-electron chi connectivity index (χ2n) is 7.63. The summed E-state index contributed by atoms with van der Waals surface area (Å²) in [6.07, 6.45) is 1.39. The molecule has 0 spiro atoms. The molecule has 2 heterocycles. The van der Waals surface area contributed by atoms with E-state index in [4.69, 9.17) is 0 Å². The van der Waals surface area contributed by atoms with Crippen LogP contribution in [-0.4, -0.2) is 34.4 Å². The first-order valence-corrected chi connectivity index (χ1v) is 9.52. The summed E-state index contributed by atoms with van der Waals surface area (Å²) in [5.74, 6) is -5.60. The van der Waals surface area contributed by atoms with Crippen LogP contribution in [0.3, 0.4) is 0 Å². The molecule has 2 aromatic rings. The Morgan fingerprint density at radius 2 is 1.79 bits per heavy atom. The van der Waals surface area contributed by atoms with Gasteiger partial charge in [-0.2, -0.15) is 8.78 Å². The van der Waals surface area contributed by atoms with Crippen molar-refractivity contribution >= 4 is 17.5 Å². The number of piperidine rings is 1. The van der Waals surface area contributed by atoms with Gasteiger partial charge in [0, 0.05) is 25.8 Å². The Hall–Kier alpha value is -2.77. The number of aromatic nitrogens is 1. The maximum absolute atomic E-state index is 14.9. The van der Waals surface area contributed by atoms with Gasteiger partial charge in [0.1, 0.15) is 11.5 Å². The van der Waals surface area contributed by atoms with Gasteiger partial charge in [0.15, 0.2) is 0 Å². The molecular weight excluding hydrogens is 383 g/mol. The van der Waals surface area contributed by atoms with Gasteiger partial charge in [0.05, 0.1) is 5.69 Å². The number of amides is 2. The molecule has 0 unspecified atom stereocenters. The first kappa shape index (κ1) is 21.0. The fraction of sp³-hybridized carbons (Fsp3) is 0.429. The molecule has 8 heteroatoms. The van der Waals surface area contributed by atoms with Crippen molar-refractivity contribution < 1.29 is 22.8 Å². The Labute approximate surface area is 167 Å². The van der Waals surface area contributed by atoms with Crippen molar-refractivity contribution in [2.45, 2.75) is 32.6 Å². The standard InChI is InChI=1S/C21H24F3N3O2/c1-13-8-10-27(11-9-13)20(29)21(23,24)18-7-6-17(26(18)3)19(28)25-15-4-5-16(22)14(2)12-15/h4-7,12-13H,8-11H2,1-3H3,(H,25,28). The average molecular weight is 407 g/mol. The van der Waals surface area contributed by atoms with E-state index < -0.39 is 29.2 Å². The summed E-state index contributed by atoms with van der Waals surface area (Å²) in [5.41, 5.74) is 0.133. The molecule has 3 rings (SSSR count). The van der Waals surface area contributed by atoms with Crippen LogP contribution in [0.15, 0.2) is 30.3 Å². The Morgan fingerprint density at radius 1 is 1.14 bits per heavy atom. The van der Waals surface area contributed by atoms with Gasteiger partial charge >= 0.3 is 5.92 Å². The molecule has 0 aliphatic carbocycles. The van der Waals surface area contributed by atoms with Crippen molar-refractivity contribution in [2.75, 3.05) is 18.4 Å². The molecule has 5 nitrogen and oxygen atoms in total. The Bertz CT molecular complexity index is 931. The van der Waals surface area contributed by atoms with E-state index in [2.05, 4.69) is 5.32 Å². The highest BCUT2D eigenvalue weighted by atomic mass is 19.3. The molecule has 0 saturated carbocycles. The summed E-state index contributed by atoms with van der Waals surface area (Å²) >= 11 is 0. The van der Waals surface area contributed by atoms with Crippen LogP contribution >= 0.6 is 0 Å². The van der Waals surface area contributed by atoms with Crippen LogP contribution in [0, 0.1) is 18.7 Å². The topological polar surface area (TPSA) is 54.3 Å². The molecule has 0 bridgehead atoms. The lowest BCUT2D eigenvalue weighted by molar-refractivity contribution is -0.161. The maximum atomic E-state index is 14.9. The molecule has 0 atom stereocenters. The number of hydrogen-bond acceptors (Lipinski definition) is 2. The van der Waals surface area contributed by atoms with Crippen molar-refractivity contribution in [2.24, 2.45) is 13.0 Å². The number of likely N-dealkylation sites (tertiary alicyclic amines) is 1. The molecule has 156 valence electrons. The van der Waals surface area contributed by atoms with Gasteiger partial charge in [-0.15, -0.1) is 0 Å². The van der Waals surface area contributed by atoms with E-state index in [0.29, 0.717) is 43.1 Å². The minimum atomic E-state index is -3.74. The molecule has 0 radical (unpaired) electrons. The highest BCUT2D eigenvalue weighted by Crippen LogP contribution is 2.33. The normalized spacial score (nSPS) is 15.4. The van der Waals surface area contributed by atoms with E-state index in [1.165, 1.54) is 36.2 Å². The quantitative estimate of drug-likeness (QED) is 0.831. The first-order chi connectivity index (χ1) is 13.6. The lowest BCUT2D eigenvalue weighted by Crippen LogP contribution is -2.46. The number of rotatable bonds is 4.